The van der Waals surface area contributed by atoms with Crippen LogP contribution in [-0.4, -0.2) is 15.1 Å². The summed E-state index contributed by atoms with van der Waals surface area (Å²) in [5, 5.41) is 5.29. The number of halogens is 3. The molecule has 21 heavy (non-hydrogen) atoms. The topological polar surface area (TPSA) is 51.8 Å². The molecule has 2 heterocycles. The van der Waals surface area contributed by atoms with E-state index in [0.717, 1.165) is 11.3 Å². The number of alkyl halides is 3. The van der Waals surface area contributed by atoms with Crippen molar-refractivity contribution in [2.24, 2.45) is 0 Å². The zero-order valence-electron chi connectivity index (χ0n) is 10.5. The van der Waals surface area contributed by atoms with E-state index < -0.39 is 12.1 Å². The van der Waals surface area contributed by atoms with Gasteiger partial charge in [-0.25, -0.2) is 4.98 Å². The first-order valence-corrected chi connectivity index (χ1v) is 6.84. The Morgan fingerprint density at radius 1 is 1.14 bits per heavy atom. The van der Waals surface area contributed by atoms with Crippen molar-refractivity contribution in [3.63, 3.8) is 0 Å². The fourth-order valence-corrected chi connectivity index (χ4v) is 2.32. The molecule has 2 aromatic heterocycles. The van der Waals surface area contributed by atoms with Crippen LogP contribution in [-0.2, 0) is 12.6 Å². The summed E-state index contributed by atoms with van der Waals surface area (Å²) >= 11 is 1.51. The van der Waals surface area contributed by atoms with E-state index in [2.05, 4.69) is 19.6 Å². The highest BCUT2D eigenvalue weighted by Crippen LogP contribution is 2.29. The molecular formula is C13H8F3N3OS. The van der Waals surface area contributed by atoms with E-state index in [4.69, 9.17) is 0 Å². The Morgan fingerprint density at radius 2 is 1.90 bits per heavy atom. The van der Waals surface area contributed by atoms with E-state index in [1.807, 2.05) is 5.38 Å². The largest absolute Gasteiger partial charge is 0.471 e. The number of rotatable bonds is 3. The smallest absolute Gasteiger partial charge is 0.329 e. The summed E-state index contributed by atoms with van der Waals surface area (Å²) in [7, 11) is 0. The van der Waals surface area contributed by atoms with Crippen LogP contribution in [0.1, 0.15) is 17.1 Å². The Morgan fingerprint density at radius 3 is 2.48 bits per heavy atom. The molecule has 0 saturated heterocycles. The normalized spacial score (nSPS) is 11.8. The van der Waals surface area contributed by atoms with Crippen molar-refractivity contribution in [2.75, 3.05) is 0 Å². The maximum Gasteiger partial charge on any atom is 0.471 e. The van der Waals surface area contributed by atoms with Crippen LogP contribution in [0.3, 0.4) is 0 Å². The molecule has 0 aliphatic carbocycles. The van der Waals surface area contributed by atoms with Crippen LogP contribution in [0.15, 0.2) is 39.7 Å². The third-order valence-electron chi connectivity index (χ3n) is 2.75. The summed E-state index contributed by atoms with van der Waals surface area (Å²) in [4.78, 5) is 7.52. The van der Waals surface area contributed by atoms with Crippen molar-refractivity contribution < 1.29 is 17.7 Å². The molecule has 3 aromatic rings. The van der Waals surface area contributed by atoms with Crippen LogP contribution in [0.5, 0.6) is 0 Å². The zero-order chi connectivity index (χ0) is 14.9. The van der Waals surface area contributed by atoms with E-state index in [0.29, 0.717) is 12.0 Å². The van der Waals surface area contributed by atoms with Crippen LogP contribution in [0.4, 0.5) is 13.2 Å². The summed E-state index contributed by atoms with van der Waals surface area (Å²) < 4.78 is 41.4. The Balaban J connectivity index is 1.79. The molecule has 0 aliphatic rings. The Kier molecular flexibility index (Phi) is 3.46. The van der Waals surface area contributed by atoms with Crippen molar-refractivity contribution in [3.05, 3.63) is 52.3 Å². The lowest BCUT2D eigenvalue weighted by molar-refractivity contribution is -0.159. The summed E-state index contributed by atoms with van der Waals surface area (Å²) in [6.07, 6.45) is -3.96. The van der Waals surface area contributed by atoms with Crippen molar-refractivity contribution in [3.8, 4) is 11.4 Å². The summed E-state index contributed by atoms with van der Waals surface area (Å²) in [6.45, 7) is 0. The molecule has 0 N–H and O–H groups in total. The third-order valence-corrected chi connectivity index (χ3v) is 3.38. The van der Waals surface area contributed by atoms with Crippen molar-refractivity contribution >= 4 is 11.3 Å². The fraction of sp³-hybridized carbons (Fsp3) is 0.154. The molecule has 3 rings (SSSR count). The minimum Gasteiger partial charge on any atom is -0.329 e. The summed E-state index contributed by atoms with van der Waals surface area (Å²) in [5.74, 6) is -1.42. The minimum atomic E-state index is -4.63. The molecule has 4 nitrogen and oxygen atoms in total. The summed E-state index contributed by atoms with van der Waals surface area (Å²) in [5.41, 5.74) is 4.17. The van der Waals surface area contributed by atoms with Crippen molar-refractivity contribution in [1.82, 2.24) is 15.1 Å². The molecule has 0 saturated carbocycles. The predicted molar refractivity (Wildman–Crippen MR) is 69.7 cm³/mol. The first-order valence-electron chi connectivity index (χ1n) is 5.89. The molecule has 0 fully saturated rings. The lowest BCUT2D eigenvalue weighted by Crippen LogP contribution is -2.04. The molecule has 108 valence electrons. The maximum absolute atomic E-state index is 12.4. The van der Waals surface area contributed by atoms with Gasteiger partial charge in [0.1, 0.15) is 0 Å². The number of hydrogen-bond acceptors (Lipinski definition) is 5. The van der Waals surface area contributed by atoms with Gasteiger partial charge in [0, 0.05) is 17.4 Å². The molecular weight excluding hydrogens is 303 g/mol. The number of nitrogens with zero attached hydrogens (tertiary/aromatic N) is 3. The first kappa shape index (κ1) is 13.7. The average Bonchev–Trinajstić information content (AvgIpc) is 3.09. The van der Waals surface area contributed by atoms with Crippen molar-refractivity contribution in [1.29, 1.82) is 0 Å². The molecule has 0 amide bonds. The lowest BCUT2D eigenvalue weighted by Gasteiger charge is -2.00. The van der Waals surface area contributed by atoms with E-state index >= 15 is 0 Å². The second-order valence-corrected chi connectivity index (χ2v) is 4.99. The Bertz CT molecular complexity index is 720. The fourth-order valence-electron chi connectivity index (χ4n) is 1.76. The van der Waals surface area contributed by atoms with E-state index in [1.165, 1.54) is 11.3 Å². The van der Waals surface area contributed by atoms with E-state index in [-0.39, 0.29) is 5.82 Å². The van der Waals surface area contributed by atoms with Gasteiger partial charge in [-0.15, -0.1) is 11.3 Å². The van der Waals surface area contributed by atoms with Gasteiger partial charge in [-0.3, -0.25) is 0 Å². The minimum absolute atomic E-state index is 0.0810. The number of aromatic nitrogens is 3. The second-order valence-electron chi connectivity index (χ2n) is 4.27. The monoisotopic (exact) mass is 311 g/mol. The molecule has 1 aromatic carbocycles. The Labute approximate surface area is 121 Å². The van der Waals surface area contributed by atoms with Crippen LogP contribution >= 0.6 is 11.3 Å². The van der Waals surface area contributed by atoms with Gasteiger partial charge in [0.2, 0.25) is 5.82 Å². The van der Waals surface area contributed by atoms with Crippen LogP contribution in [0.25, 0.3) is 11.4 Å². The van der Waals surface area contributed by atoms with Gasteiger partial charge in [0.05, 0.1) is 11.2 Å². The predicted octanol–water partition coefficient (Wildman–Crippen LogP) is 3.80. The van der Waals surface area contributed by atoms with Gasteiger partial charge < -0.3 is 4.52 Å². The SMILES string of the molecule is FC(F)(F)c1nc(-c2ccc(Cc3cscn3)cc2)no1. The molecule has 8 heteroatoms. The number of benzene rings is 1. The highest BCUT2D eigenvalue weighted by Gasteiger charge is 2.38. The standard InChI is InChI=1S/C13H8F3N3OS/c14-13(15,16)12-18-11(19-20-12)9-3-1-8(2-4-9)5-10-6-21-7-17-10/h1-4,6-7H,5H2. The maximum atomic E-state index is 12.4. The third kappa shape index (κ3) is 3.10. The lowest BCUT2D eigenvalue weighted by atomic mass is 10.1. The summed E-state index contributed by atoms with van der Waals surface area (Å²) in [6, 6.07) is 6.93. The van der Waals surface area contributed by atoms with E-state index in [1.54, 1.807) is 29.8 Å². The van der Waals surface area contributed by atoms with Gasteiger partial charge >= 0.3 is 12.1 Å². The first-order chi connectivity index (χ1) is 10.0. The molecule has 0 radical (unpaired) electrons. The molecule has 0 unspecified atom stereocenters. The van der Waals surface area contributed by atoms with Crippen molar-refractivity contribution in [2.45, 2.75) is 12.6 Å². The zero-order valence-corrected chi connectivity index (χ0v) is 11.3. The average molecular weight is 311 g/mol. The Hall–Kier alpha value is -2.22. The second kappa shape index (κ2) is 5.28. The van der Waals surface area contributed by atoms with Crippen LogP contribution in [0, 0.1) is 0 Å². The molecule has 0 spiro atoms. The van der Waals surface area contributed by atoms with Gasteiger partial charge in [-0.1, -0.05) is 29.4 Å². The number of thiazole rings is 1. The highest BCUT2D eigenvalue weighted by atomic mass is 32.1. The van der Waals surface area contributed by atoms with Crippen LogP contribution in [0.2, 0.25) is 0 Å². The number of hydrogen-bond donors (Lipinski definition) is 0. The molecule has 0 bridgehead atoms. The highest BCUT2D eigenvalue weighted by molar-refractivity contribution is 7.07. The van der Waals surface area contributed by atoms with Crippen LogP contribution < -0.4 is 0 Å². The molecule has 0 atom stereocenters. The van der Waals surface area contributed by atoms with Gasteiger partial charge in [-0.05, 0) is 5.56 Å². The van der Waals surface area contributed by atoms with Gasteiger partial charge in [0.15, 0.2) is 0 Å². The molecule has 0 aliphatic heterocycles. The quantitative estimate of drug-likeness (QED) is 0.738. The van der Waals surface area contributed by atoms with E-state index in [9.17, 15) is 13.2 Å². The van der Waals surface area contributed by atoms with Gasteiger partial charge in [0.25, 0.3) is 0 Å². The van der Waals surface area contributed by atoms with Gasteiger partial charge in [-0.2, -0.15) is 18.2 Å².